The number of carbonyl (C=O) groups is 2. The zero-order chi connectivity index (χ0) is 54.8. The zero-order valence-electron chi connectivity index (χ0n) is 39.4. The minimum absolute atomic E-state index is 0.143. The average molecular weight is 1070 g/mol. The van der Waals surface area contributed by atoms with Gasteiger partial charge in [-0.3, -0.25) is 5.32 Å². The Labute approximate surface area is 399 Å². The molecule has 404 valence electrons. The molecule has 0 aliphatic heterocycles. The Hall–Kier alpha value is -4.75. The van der Waals surface area contributed by atoms with Crippen molar-refractivity contribution >= 4 is 26.1 Å². The van der Waals surface area contributed by atoms with Gasteiger partial charge in [-0.25, -0.2) is 9.59 Å². The van der Waals surface area contributed by atoms with E-state index < -0.39 is 111 Å². The van der Waals surface area contributed by atoms with Crippen LogP contribution in [-0.2, 0) is 18.7 Å². The Kier molecular flexibility index (Phi) is 21.0. The summed E-state index contributed by atoms with van der Waals surface area (Å²) in [6.07, 6.45) is -6.30. The van der Waals surface area contributed by atoms with E-state index in [1.807, 2.05) is 13.0 Å². The lowest BCUT2D eigenvalue weighted by atomic mass is 9.88. The maximum absolute atomic E-state index is 15.1. The van der Waals surface area contributed by atoms with Crippen LogP contribution in [0.1, 0.15) is 79.4 Å². The molecule has 0 bridgehead atoms. The van der Waals surface area contributed by atoms with Crippen LogP contribution in [0.3, 0.4) is 0 Å². The van der Waals surface area contributed by atoms with Gasteiger partial charge < -0.3 is 23.4 Å². The summed E-state index contributed by atoms with van der Waals surface area (Å²) in [5.74, 6) is -57.0. The van der Waals surface area contributed by atoms with Gasteiger partial charge in [0.2, 0.25) is 0 Å². The first kappa shape index (κ1) is 62.4. The number of carbonyl (C=O) groups excluding carboxylic acids is 2. The van der Waals surface area contributed by atoms with E-state index in [4.69, 9.17) is 23.4 Å². The van der Waals surface area contributed by atoms with Gasteiger partial charge in [-0.1, -0.05) is 58.9 Å². The van der Waals surface area contributed by atoms with Gasteiger partial charge in [0.25, 0.3) is 0 Å². The van der Waals surface area contributed by atoms with E-state index >= 15 is 8.78 Å². The highest BCUT2D eigenvalue weighted by Gasteiger charge is 2.95. The molecular weight excluding hydrogens is 1020 g/mol. The minimum Gasteiger partial charge on any atom is -0.497 e. The second-order valence-corrected chi connectivity index (χ2v) is 22.0. The van der Waals surface area contributed by atoms with Crippen molar-refractivity contribution in [3.63, 3.8) is 0 Å². The number of nitrogens with one attached hydrogen (secondary N) is 1. The molecule has 0 saturated heterocycles. The number of amides is 1. The van der Waals surface area contributed by atoms with Crippen LogP contribution in [0.4, 0.5) is 85.1 Å². The molecular formula is C45H54F17NO7Si. The normalized spacial score (nSPS) is 15.0. The van der Waals surface area contributed by atoms with Crippen molar-refractivity contribution in [3.05, 3.63) is 77.9 Å². The Balaban J connectivity index is 2.30. The number of hydrogen-bond donors (Lipinski definition) is 1. The molecule has 0 fully saturated rings. The van der Waals surface area contributed by atoms with Crippen molar-refractivity contribution in [2.45, 2.75) is 139 Å². The molecule has 0 spiro atoms. The molecule has 0 saturated carbocycles. The fraction of sp³-hybridized carbons (Fsp3) is 0.600. The Morgan fingerprint density at radius 3 is 1.65 bits per heavy atom. The lowest BCUT2D eigenvalue weighted by Gasteiger charge is -2.44. The third-order valence-corrected chi connectivity index (χ3v) is 17.1. The van der Waals surface area contributed by atoms with Gasteiger partial charge in [-0.05, 0) is 97.3 Å². The van der Waals surface area contributed by atoms with Crippen molar-refractivity contribution in [1.82, 2.24) is 0 Å². The summed E-state index contributed by atoms with van der Waals surface area (Å²) >= 11 is 0. The third kappa shape index (κ3) is 13.9. The van der Waals surface area contributed by atoms with E-state index in [1.54, 1.807) is 56.3 Å². The van der Waals surface area contributed by atoms with Gasteiger partial charge in [0.05, 0.1) is 20.3 Å². The van der Waals surface area contributed by atoms with Crippen LogP contribution in [0.15, 0.2) is 72.3 Å². The van der Waals surface area contributed by atoms with Gasteiger partial charge in [0.1, 0.15) is 24.2 Å². The number of rotatable bonds is 27. The molecule has 0 aliphatic rings. The molecule has 71 heavy (non-hydrogen) atoms. The number of ether oxygens (including phenoxy) is 4. The van der Waals surface area contributed by atoms with Gasteiger partial charge in [0, 0.05) is 18.2 Å². The van der Waals surface area contributed by atoms with Gasteiger partial charge in [-0.15, -0.1) is 0 Å². The van der Waals surface area contributed by atoms with E-state index in [2.05, 4.69) is 5.32 Å². The SMILES string of the molecule is CCOC(=O)/C=C(C)/C=C/CC[C@@H](C)[C@@H](OC(=O)Nc1ccc(OC)cc1)c1ccc(OCCO[Si](CCC(F)(F)C(F)(F)C(F)(F)C(F)(F)C(F)(F)C(F)(F)C(F)(F)C(F)(F)F)(C(C)C)C(C)C)cc1. The molecule has 0 heterocycles. The number of benzene rings is 2. The topological polar surface area (TPSA) is 92.3 Å². The van der Waals surface area contributed by atoms with Crippen LogP contribution in [-0.4, -0.2) is 94.9 Å². The second kappa shape index (κ2) is 23.9. The largest absolute Gasteiger partial charge is 0.497 e. The van der Waals surface area contributed by atoms with E-state index in [0.29, 0.717) is 35.4 Å². The van der Waals surface area contributed by atoms with Crippen molar-refractivity contribution < 1.29 is 108 Å². The van der Waals surface area contributed by atoms with E-state index in [9.17, 15) is 75.4 Å². The Bertz CT molecular complexity index is 2090. The first-order valence-electron chi connectivity index (χ1n) is 21.6. The maximum Gasteiger partial charge on any atom is 0.460 e. The summed E-state index contributed by atoms with van der Waals surface area (Å²) in [7, 11) is -2.56. The molecule has 2 rings (SSSR count). The monoisotopic (exact) mass is 1070 g/mol. The number of allylic oxidation sites excluding steroid dienone is 3. The summed E-state index contributed by atoms with van der Waals surface area (Å²) in [5, 5.41) is 2.62. The number of esters is 1. The second-order valence-electron chi connectivity index (χ2n) is 17.0. The van der Waals surface area contributed by atoms with Crippen molar-refractivity contribution in [2.24, 2.45) is 5.92 Å². The predicted molar refractivity (Wildman–Crippen MR) is 228 cm³/mol. The number of methoxy groups -OCH3 is 1. The van der Waals surface area contributed by atoms with Crippen molar-refractivity contribution in [1.29, 1.82) is 0 Å². The molecule has 1 amide bonds. The molecule has 0 unspecified atom stereocenters. The maximum atomic E-state index is 15.1. The van der Waals surface area contributed by atoms with Gasteiger partial charge in [-0.2, -0.15) is 74.6 Å². The summed E-state index contributed by atoms with van der Waals surface area (Å²) in [6.45, 7) is 9.74. The molecule has 1 N–H and O–H groups in total. The van der Waals surface area contributed by atoms with Crippen LogP contribution in [0.25, 0.3) is 0 Å². The lowest BCUT2D eigenvalue weighted by molar-refractivity contribution is -0.461. The summed E-state index contributed by atoms with van der Waals surface area (Å²) < 4.78 is 264. The quantitative estimate of drug-likeness (QED) is 0.0238. The van der Waals surface area contributed by atoms with E-state index in [0.717, 1.165) is 0 Å². The standard InChI is InChI=1S/C45H54F17NO7Si/c1-9-67-35(64)26-29(6)12-10-11-13-30(7)36(70-37(65)63-32-16-20-33(66-8)21-17-32)31-14-18-34(19-15-31)68-23-24-69-71(27(2)3,28(4)5)25-22-38(46,47)39(48,49)40(50,51)41(52,53)42(54,55)43(56,57)44(58,59)45(60,61)62/h10,12,14-21,26-28,30,36H,9,11,13,22-25H2,1-8H3,(H,63,65)/b12-10+,29-26+/t30-,36-/m1/s1. The van der Waals surface area contributed by atoms with Crippen molar-refractivity contribution in [3.8, 4) is 11.5 Å². The van der Waals surface area contributed by atoms with Gasteiger partial charge in [0.15, 0.2) is 8.32 Å². The molecule has 2 aromatic carbocycles. The summed E-state index contributed by atoms with van der Waals surface area (Å²) in [4.78, 5) is 24.8. The Morgan fingerprint density at radius 1 is 0.676 bits per heavy atom. The van der Waals surface area contributed by atoms with Crippen LogP contribution in [0, 0.1) is 5.92 Å². The van der Waals surface area contributed by atoms with E-state index in [1.165, 1.54) is 53.0 Å². The first-order valence-corrected chi connectivity index (χ1v) is 23.8. The third-order valence-electron chi connectivity index (χ3n) is 11.4. The highest BCUT2D eigenvalue weighted by molar-refractivity contribution is 6.76. The van der Waals surface area contributed by atoms with Crippen molar-refractivity contribution in [2.75, 3.05) is 32.2 Å². The highest BCUT2D eigenvalue weighted by atomic mass is 28.4. The summed E-state index contributed by atoms with van der Waals surface area (Å²) in [5.41, 5.74) is -0.280. The molecule has 0 aliphatic carbocycles. The number of anilines is 1. The minimum atomic E-state index is -8.70. The van der Waals surface area contributed by atoms with Gasteiger partial charge >= 0.3 is 59.7 Å². The molecule has 2 aromatic rings. The summed E-state index contributed by atoms with van der Waals surface area (Å²) in [6, 6.07) is 11.0. The molecule has 0 radical (unpaired) electrons. The Morgan fingerprint density at radius 2 is 1.17 bits per heavy atom. The smallest absolute Gasteiger partial charge is 0.460 e. The average Bonchev–Trinajstić information content (AvgIpc) is 3.26. The predicted octanol–water partition coefficient (Wildman–Crippen LogP) is 15.0. The van der Waals surface area contributed by atoms with Crippen LogP contribution in [0.5, 0.6) is 11.5 Å². The van der Waals surface area contributed by atoms with Crippen LogP contribution < -0.4 is 14.8 Å². The zero-order valence-corrected chi connectivity index (χ0v) is 40.4. The number of hydrogen-bond acceptors (Lipinski definition) is 7. The highest BCUT2D eigenvalue weighted by Crippen LogP contribution is 2.64. The number of halogens is 17. The molecule has 8 nitrogen and oxygen atoms in total. The molecule has 2 atom stereocenters. The van der Waals surface area contributed by atoms with Crippen LogP contribution in [0.2, 0.25) is 17.1 Å². The van der Waals surface area contributed by atoms with E-state index in [-0.39, 0.29) is 18.3 Å². The molecule has 26 heteroatoms. The fourth-order valence-electron chi connectivity index (χ4n) is 7.15. The van der Waals surface area contributed by atoms with Crippen LogP contribution >= 0.6 is 0 Å². The molecule has 0 aromatic heterocycles. The number of alkyl halides is 17. The first-order chi connectivity index (χ1) is 32.3. The lowest BCUT2D eigenvalue weighted by Crippen LogP contribution is -2.74. The fourth-order valence-corrected chi connectivity index (χ4v) is 11.6.